The van der Waals surface area contributed by atoms with Crippen molar-refractivity contribution in [2.24, 2.45) is 23.9 Å². The molecule has 0 radical (unpaired) electrons. The van der Waals surface area contributed by atoms with Gasteiger partial charge in [-0.3, -0.25) is 19.3 Å². The van der Waals surface area contributed by atoms with Crippen LogP contribution in [-0.4, -0.2) is 33.7 Å². The number of fused-ring (bicyclic) bond motifs is 1. The van der Waals surface area contributed by atoms with Crippen LogP contribution >= 0.6 is 11.3 Å². The first kappa shape index (κ1) is 14.2. The molecule has 2 fully saturated rings. The van der Waals surface area contributed by atoms with Crippen molar-refractivity contribution >= 4 is 29.1 Å². The number of aryl methyl sites for hydroxylation is 1. The fourth-order valence-electron chi connectivity index (χ4n) is 3.10. The Kier molecular flexibility index (Phi) is 3.75. The summed E-state index contributed by atoms with van der Waals surface area (Å²) in [6.45, 7) is -0.234. The molecule has 21 heavy (non-hydrogen) atoms. The van der Waals surface area contributed by atoms with E-state index in [-0.39, 0.29) is 30.2 Å². The van der Waals surface area contributed by atoms with Crippen molar-refractivity contribution in [2.75, 3.05) is 6.54 Å². The first-order valence-corrected chi connectivity index (χ1v) is 7.99. The highest BCUT2D eigenvalue weighted by atomic mass is 32.1. The summed E-state index contributed by atoms with van der Waals surface area (Å²) in [5, 5.41) is 1.83. The lowest BCUT2D eigenvalue weighted by Gasteiger charge is -2.19. The predicted octanol–water partition coefficient (Wildman–Crippen LogP) is 0.689. The van der Waals surface area contributed by atoms with Gasteiger partial charge in [-0.15, -0.1) is 11.3 Å². The van der Waals surface area contributed by atoms with Crippen molar-refractivity contribution in [1.82, 2.24) is 9.47 Å². The topological polar surface area (TPSA) is 71.7 Å². The van der Waals surface area contributed by atoms with E-state index in [0.717, 1.165) is 30.6 Å². The summed E-state index contributed by atoms with van der Waals surface area (Å²) < 4.78 is 1.73. The molecule has 112 valence electrons. The lowest BCUT2D eigenvalue weighted by molar-refractivity contribution is -0.143. The maximum atomic E-state index is 12.3. The van der Waals surface area contributed by atoms with Gasteiger partial charge in [0.2, 0.25) is 11.8 Å². The second-order valence-corrected chi connectivity index (χ2v) is 6.44. The highest BCUT2D eigenvalue weighted by Gasteiger charge is 2.48. The van der Waals surface area contributed by atoms with Gasteiger partial charge in [0.25, 0.3) is 5.91 Å². The van der Waals surface area contributed by atoms with Gasteiger partial charge in [0, 0.05) is 18.6 Å². The minimum Gasteiger partial charge on any atom is -0.327 e. The van der Waals surface area contributed by atoms with Crippen molar-refractivity contribution in [1.29, 1.82) is 0 Å². The van der Waals surface area contributed by atoms with Gasteiger partial charge in [0.15, 0.2) is 4.80 Å². The average molecular weight is 307 g/mol. The predicted molar refractivity (Wildman–Crippen MR) is 76.0 cm³/mol. The van der Waals surface area contributed by atoms with E-state index in [9.17, 15) is 14.4 Å². The van der Waals surface area contributed by atoms with Gasteiger partial charge < -0.3 is 4.57 Å². The maximum Gasteiger partial charge on any atom is 0.268 e. The molecule has 1 aromatic rings. The number of nitrogens with zero attached hydrogens (tertiary/aromatic N) is 3. The second kappa shape index (κ2) is 5.55. The molecule has 2 heterocycles. The van der Waals surface area contributed by atoms with Crippen LogP contribution in [0.3, 0.4) is 0 Å². The molecule has 0 bridgehead atoms. The molecule has 1 aromatic heterocycles. The van der Waals surface area contributed by atoms with Crippen molar-refractivity contribution < 1.29 is 14.4 Å². The highest BCUT2D eigenvalue weighted by molar-refractivity contribution is 7.07. The Balaban J connectivity index is 1.76. The molecule has 6 nitrogen and oxygen atoms in total. The summed E-state index contributed by atoms with van der Waals surface area (Å²) in [5.74, 6) is -1.25. The van der Waals surface area contributed by atoms with E-state index < -0.39 is 5.91 Å². The van der Waals surface area contributed by atoms with E-state index >= 15 is 0 Å². The summed E-state index contributed by atoms with van der Waals surface area (Å²) in [6, 6.07) is 0. The molecular weight excluding hydrogens is 290 g/mol. The average Bonchev–Trinajstić information content (AvgIpc) is 2.97. The molecule has 0 spiro atoms. The summed E-state index contributed by atoms with van der Waals surface area (Å²) in [4.78, 5) is 42.2. The van der Waals surface area contributed by atoms with Crippen LogP contribution in [0.1, 0.15) is 25.7 Å². The number of hydrogen-bond acceptors (Lipinski definition) is 4. The molecule has 1 saturated carbocycles. The normalized spacial score (nSPS) is 26.3. The van der Waals surface area contributed by atoms with Crippen LogP contribution in [0.25, 0.3) is 0 Å². The fourth-order valence-corrected chi connectivity index (χ4v) is 3.85. The third kappa shape index (κ3) is 2.57. The van der Waals surface area contributed by atoms with E-state index in [0.29, 0.717) is 4.80 Å². The molecule has 0 N–H and O–H groups in total. The number of amides is 3. The molecule has 0 aromatic carbocycles. The summed E-state index contributed by atoms with van der Waals surface area (Å²) >= 11 is 1.34. The Labute approximate surface area is 126 Å². The third-order valence-corrected chi connectivity index (χ3v) is 5.05. The third-order valence-electron chi connectivity index (χ3n) is 4.21. The largest absolute Gasteiger partial charge is 0.327 e. The molecule has 3 amide bonds. The molecule has 3 rings (SSSR count). The molecule has 7 heteroatoms. The Morgan fingerprint density at radius 1 is 1.29 bits per heavy atom. The Morgan fingerprint density at radius 2 is 1.90 bits per heavy atom. The maximum absolute atomic E-state index is 12.3. The molecular formula is C14H17N3O3S. The lowest BCUT2D eigenvalue weighted by atomic mass is 9.81. The SMILES string of the molecule is Cn1ccsc1=NC(=O)CN1C(=O)C2CCCCC2C1=O. The molecule has 2 aliphatic rings. The Morgan fingerprint density at radius 3 is 2.43 bits per heavy atom. The number of aromatic nitrogens is 1. The lowest BCUT2D eigenvalue weighted by Crippen LogP contribution is -2.36. The summed E-state index contributed by atoms with van der Waals surface area (Å²) in [5.41, 5.74) is 0. The molecule has 1 aliphatic carbocycles. The van der Waals surface area contributed by atoms with E-state index in [1.54, 1.807) is 17.8 Å². The minimum absolute atomic E-state index is 0.191. The van der Waals surface area contributed by atoms with E-state index in [1.807, 2.05) is 5.38 Å². The van der Waals surface area contributed by atoms with Gasteiger partial charge in [-0.1, -0.05) is 12.8 Å². The fraction of sp³-hybridized carbons (Fsp3) is 0.571. The van der Waals surface area contributed by atoms with Gasteiger partial charge in [-0.05, 0) is 12.8 Å². The molecule has 2 unspecified atom stereocenters. The van der Waals surface area contributed by atoms with Gasteiger partial charge in [-0.2, -0.15) is 4.99 Å². The Bertz CT molecular complexity index is 636. The van der Waals surface area contributed by atoms with E-state index in [4.69, 9.17) is 0 Å². The van der Waals surface area contributed by atoms with Gasteiger partial charge in [0.05, 0.1) is 11.8 Å². The number of imide groups is 1. The van der Waals surface area contributed by atoms with Crippen LogP contribution in [0.15, 0.2) is 16.6 Å². The van der Waals surface area contributed by atoms with Gasteiger partial charge >= 0.3 is 0 Å². The quantitative estimate of drug-likeness (QED) is 0.755. The number of rotatable bonds is 2. The first-order chi connectivity index (χ1) is 10.1. The van der Waals surface area contributed by atoms with E-state index in [2.05, 4.69) is 4.99 Å². The first-order valence-electron chi connectivity index (χ1n) is 7.11. The van der Waals surface area contributed by atoms with Crippen LogP contribution in [0, 0.1) is 11.8 Å². The van der Waals surface area contributed by atoms with Gasteiger partial charge in [0.1, 0.15) is 6.54 Å². The highest BCUT2D eigenvalue weighted by Crippen LogP contribution is 2.37. The zero-order valence-corrected chi connectivity index (χ0v) is 12.6. The second-order valence-electron chi connectivity index (χ2n) is 5.56. The van der Waals surface area contributed by atoms with Crippen LogP contribution < -0.4 is 4.80 Å². The van der Waals surface area contributed by atoms with Gasteiger partial charge in [-0.25, -0.2) is 0 Å². The monoisotopic (exact) mass is 307 g/mol. The number of thiazole rings is 1. The van der Waals surface area contributed by atoms with Crippen molar-refractivity contribution in [3.05, 3.63) is 16.4 Å². The number of carbonyl (C=O) groups excluding carboxylic acids is 3. The smallest absolute Gasteiger partial charge is 0.268 e. The van der Waals surface area contributed by atoms with Crippen LogP contribution in [0.5, 0.6) is 0 Å². The Hall–Kier alpha value is -1.76. The van der Waals surface area contributed by atoms with Crippen LogP contribution in [0.2, 0.25) is 0 Å². The van der Waals surface area contributed by atoms with Crippen LogP contribution in [0.4, 0.5) is 0 Å². The van der Waals surface area contributed by atoms with Crippen molar-refractivity contribution in [2.45, 2.75) is 25.7 Å². The number of likely N-dealkylation sites (tertiary alicyclic amines) is 1. The summed E-state index contributed by atoms with van der Waals surface area (Å²) in [6.07, 6.45) is 5.29. The number of hydrogen-bond donors (Lipinski definition) is 0. The zero-order valence-electron chi connectivity index (χ0n) is 11.8. The minimum atomic E-state index is -0.451. The molecule has 1 saturated heterocycles. The zero-order chi connectivity index (χ0) is 15.0. The number of carbonyl (C=O) groups is 3. The van der Waals surface area contributed by atoms with Crippen molar-refractivity contribution in [3.63, 3.8) is 0 Å². The molecule has 2 atom stereocenters. The standard InChI is InChI=1S/C14H17N3O3S/c1-16-6-7-21-14(16)15-11(18)8-17-12(19)9-4-2-3-5-10(9)13(17)20/h6-7,9-10H,2-5,8H2,1H3. The van der Waals surface area contributed by atoms with E-state index in [1.165, 1.54) is 11.3 Å². The van der Waals surface area contributed by atoms with Crippen LogP contribution in [-0.2, 0) is 21.4 Å². The molecule has 1 aliphatic heterocycles. The van der Waals surface area contributed by atoms with Crippen molar-refractivity contribution in [3.8, 4) is 0 Å². The summed E-state index contributed by atoms with van der Waals surface area (Å²) in [7, 11) is 1.79.